The predicted molar refractivity (Wildman–Crippen MR) is 119 cm³/mol. The Bertz CT molecular complexity index is 1210. The molecule has 176 valence electrons. The number of aliphatic hydroxyl groups is 1. The van der Waals surface area contributed by atoms with Crippen LogP contribution in [0.5, 0.6) is 0 Å². The SMILES string of the molecule is Cc1c(C(O)CN2CCC(CNC(=O)c3cccc(-n4cnnn4)n3)C2)ccc2c1COC2=O. The van der Waals surface area contributed by atoms with Crippen molar-refractivity contribution >= 4 is 11.9 Å². The van der Waals surface area contributed by atoms with Crippen molar-refractivity contribution in [2.45, 2.75) is 26.1 Å². The highest BCUT2D eigenvalue weighted by Crippen LogP contribution is 2.30. The molecule has 2 atom stereocenters. The van der Waals surface area contributed by atoms with E-state index in [2.05, 4.69) is 30.7 Å². The van der Waals surface area contributed by atoms with Crippen LogP contribution in [0.1, 0.15) is 50.1 Å². The average Bonchev–Trinajstić information content (AvgIpc) is 3.60. The maximum Gasteiger partial charge on any atom is 0.338 e. The van der Waals surface area contributed by atoms with Crippen molar-refractivity contribution in [3.05, 3.63) is 64.6 Å². The van der Waals surface area contributed by atoms with Crippen LogP contribution in [0.3, 0.4) is 0 Å². The summed E-state index contributed by atoms with van der Waals surface area (Å²) >= 11 is 0. The summed E-state index contributed by atoms with van der Waals surface area (Å²) in [5.41, 5.74) is 3.48. The van der Waals surface area contributed by atoms with Crippen LogP contribution in [0, 0.1) is 12.8 Å². The van der Waals surface area contributed by atoms with Gasteiger partial charge < -0.3 is 20.1 Å². The normalized spacial score (nSPS) is 18.5. The Morgan fingerprint density at radius 2 is 2.21 bits per heavy atom. The van der Waals surface area contributed by atoms with E-state index in [-0.39, 0.29) is 24.4 Å². The van der Waals surface area contributed by atoms with E-state index < -0.39 is 6.10 Å². The molecule has 1 saturated heterocycles. The lowest BCUT2D eigenvalue weighted by atomic mass is 9.95. The van der Waals surface area contributed by atoms with Crippen LogP contribution in [0.2, 0.25) is 0 Å². The Balaban J connectivity index is 1.14. The number of tetrazole rings is 1. The zero-order valence-corrected chi connectivity index (χ0v) is 18.7. The molecule has 2 unspecified atom stereocenters. The Labute approximate surface area is 195 Å². The molecule has 0 bridgehead atoms. The van der Waals surface area contributed by atoms with Crippen LogP contribution >= 0.6 is 0 Å². The molecule has 0 aliphatic carbocycles. The first-order chi connectivity index (χ1) is 16.5. The van der Waals surface area contributed by atoms with Gasteiger partial charge in [-0.05, 0) is 65.6 Å². The van der Waals surface area contributed by atoms with Gasteiger partial charge in [-0.3, -0.25) is 4.79 Å². The molecule has 2 aliphatic heterocycles. The number of carbonyl (C=O) groups is 2. The molecule has 1 amide bonds. The van der Waals surface area contributed by atoms with E-state index in [4.69, 9.17) is 4.74 Å². The molecule has 11 nitrogen and oxygen atoms in total. The molecule has 4 heterocycles. The number of β-amino-alcohol motifs (C(OH)–C–C–N with tert-alkyl or cyclic N) is 1. The molecule has 5 rings (SSSR count). The minimum Gasteiger partial charge on any atom is -0.457 e. The molecule has 0 spiro atoms. The molecule has 0 saturated carbocycles. The predicted octanol–water partition coefficient (Wildman–Crippen LogP) is 0.821. The molecule has 1 fully saturated rings. The van der Waals surface area contributed by atoms with Crippen LogP contribution < -0.4 is 5.32 Å². The minimum atomic E-state index is -0.660. The second-order valence-electron chi connectivity index (χ2n) is 8.66. The van der Waals surface area contributed by atoms with Gasteiger partial charge in [-0.15, -0.1) is 5.10 Å². The first-order valence-electron chi connectivity index (χ1n) is 11.2. The summed E-state index contributed by atoms with van der Waals surface area (Å²) in [6.07, 6.45) is 1.69. The number of likely N-dealkylation sites (tertiary alicyclic amines) is 1. The maximum atomic E-state index is 12.6. The Morgan fingerprint density at radius 3 is 3.03 bits per heavy atom. The topological polar surface area (TPSA) is 135 Å². The van der Waals surface area contributed by atoms with E-state index in [0.29, 0.717) is 30.2 Å². The number of benzene rings is 1. The maximum absolute atomic E-state index is 12.6. The third-order valence-electron chi connectivity index (χ3n) is 6.47. The van der Waals surface area contributed by atoms with Gasteiger partial charge in [0.25, 0.3) is 5.91 Å². The fourth-order valence-corrected chi connectivity index (χ4v) is 4.59. The largest absolute Gasteiger partial charge is 0.457 e. The lowest BCUT2D eigenvalue weighted by Crippen LogP contribution is -2.32. The van der Waals surface area contributed by atoms with Crippen LogP contribution in [0.25, 0.3) is 5.82 Å². The van der Waals surface area contributed by atoms with Gasteiger partial charge in [0.15, 0.2) is 5.82 Å². The number of aliphatic hydroxyl groups excluding tert-OH is 1. The number of cyclic esters (lactones) is 1. The summed E-state index contributed by atoms with van der Waals surface area (Å²) in [7, 11) is 0. The van der Waals surface area contributed by atoms with Crippen molar-refractivity contribution in [2.24, 2.45) is 5.92 Å². The van der Waals surface area contributed by atoms with Crippen molar-refractivity contribution in [1.29, 1.82) is 0 Å². The first-order valence-corrected chi connectivity index (χ1v) is 11.2. The quantitative estimate of drug-likeness (QED) is 0.488. The number of hydrogen-bond acceptors (Lipinski definition) is 9. The fourth-order valence-electron chi connectivity index (χ4n) is 4.59. The highest BCUT2D eigenvalue weighted by atomic mass is 16.5. The number of fused-ring (bicyclic) bond motifs is 1. The Morgan fingerprint density at radius 1 is 1.32 bits per heavy atom. The van der Waals surface area contributed by atoms with E-state index in [9.17, 15) is 14.7 Å². The lowest BCUT2D eigenvalue weighted by Gasteiger charge is -2.22. The van der Waals surface area contributed by atoms with Crippen molar-refractivity contribution < 1.29 is 19.4 Å². The van der Waals surface area contributed by atoms with E-state index >= 15 is 0 Å². The van der Waals surface area contributed by atoms with Crippen molar-refractivity contribution in [2.75, 3.05) is 26.2 Å². The average molecular weight is 463 g/mol. The fraction of sp³-hybridized carbons (Fsp3) is 0.391. The zero-order valence-electron chi connectivity index (χ0n) is 18.7. The number of nitrogens with one attached hydrogen (secondary N) is 1. The monoisotopic (exact) mass is 463 g/mol. The first kappa shape index (κ1) is 22.1. The smallest absolute Gasteiger partial charge is 0.338 e. The second-order valence-corrected chi connectivity index (χ2v) is 8.66. The summed E-state index contributed by atoms with van der Waals surface area (Å²) in [5, 5.41) is 24.8. The molecule has 11 heteroatoms. The van der Waals surface area contributed by atoms with Gasteiger partial charge in [0, 0.05) is 25.2 Å². The lowest BCUT2D eigenvalue weighted by molar-refractivity contribution is 0.0534. The van der Waals surface area contributed by atoms with Gasteiger partial charge in [-0.1, -0.05) is 12.1 Å². The number of ether oxygens (including phenoxy) is 1. The van der Waals surface area contributed by atoms with Gasteiger partial charge in [0.1, 0.15) is 18.6 Å². The third-order valence-corrected chi connectivity index (χ3v) is 6.47. The Hall–Kier alpha value is -3.70. The summed E-state index contributed by atoms with van der Waals surface area (Å²) in [6.45, 7) is 4.83. The van der Waals surface area contributed by atoms with E-state index in [1.54, 1.807) is 24.3 Å². The standard InChI is InChI=1S/C23H25N7O4/c1-14-16(5-6-17-18(14)12-34-23(17)33)20(31)11-29-8-7-15(10-29)9-24-22(32)19-3-2-4-21(26-19)30-13-25-27-28-30/h2-6,13,15,20,31H,7-12H2,1H3,(H,24,32). The minimum absolute atomic E-state index is 0.251. The molecule has 3 aromatic rings. The number of rotatable bonds is 7. The molecule has 1 aromatic carbocycles. The summed E-state index contributed by atoms with van der Waals surface area (Å²) < 4.78 is 6.50. The number of pyridine rings is 1. The van der Waals surface area contributed by atoms with Crippen molar-refractivity contribution in [3.63, 3.8) is 0 Å². The van der Waals surface area contributed by atoms with Gasteiger partial charge in [-0.2, -0.15) is 4.68 Å². The Kier molecular flexibility index (Phi) is 6.03. The highest BCUT2D eigenvalue weighted by Gasteiger charge is 2.28. The third kappa shape index (κ3) is 4.39. The molecular formula is C23H25N7O4. The molecule has 2 aromatic heterocycles. The van der Waals surface area contributed by atoms with Crippen LogP contribution in [-0.4, -0.2) is 73.3 Å². The summed E-state index contributed by atoms with van der Waals surface area (Å²) in [6, 6.07) is 8.66. The molecule has 2 N–H and O–H groups in total. The van der Waals surface area contributed by atoms with E-state index in [0.717, 1.165) is 36.2 Å². The molecule has 0 radical (unpaired) electrons. The van der Waals surface area contributed by atoms with Crippen LogP contribution in [-0.2, 0) is 11.3 Å². The number of nitrogens with zero attached hydrogens (tertiary/aromatic N) is 6. The van der Waals surface area contributed by atoms with Crippen LogP contribution in [0.4, 0.5) is 0 Å². The summed E-state index contributed by atoms with van der Waals surface area (Å²) in [5.74, 6) is 0.197. The summed E-state index contributed by atoms with van der Waals surface area (Å²) in [4.78, 5) is 30.9. The number of amides is 1. The van der Waals surface area contributed by atoms with E-state index in [1.807, 2.05) is 13.0 Å². The molecular weight excluding hydrogens is 438 g/mol. The number of carbonyl (C=O) groups excluding carboxylic acids is 2. The van der Waals surface area contributed by atoms with Gasteiger partial charge in [0.2, 0.25) is 0 Å². The number of aromatic nitrogens is 5. The van der Waals surface area contributed by atoms with Crippen molar-refractivity contribution in [3.8, 4) is 5.82 Å². The number of esters is 1. The number of hydrogen-bond donors (Lipinski definition) is 2. The zero-order chi connectivity index (χ0) is 23.7. The molecule has 34 heavy (non-hydrogen) atoms. The van der Waals surface area contributed by atoms with E-state index in [1.165, 1.54) is 11.0 Å². The van der Waals surface area contributed by atoms with Gasteiger partial charge in [0.05, 0.1) is 11.7 Å². The highest BCUT2D eigenvalue weighted by molar-refractivity contribution is 5.94. The second kappa shape index (κ2) is 9.27. The van der Waals surface area contributed by atoms with Gasteiger partial charge >= 0.3 is 5.97 Å². The van der Waals surface area contributed by atoms with Crippen molar-refractivity contribution in [1.82, 2.24) is 35.4 Å². The van der Waals surface area contributed by atoms with Gasteiger partial charge in [-0.25, -0.2) is 9.78 Å². The molecule has 2 aliphatic rings. The van der Waals surface area contributed by atoms with Crippen LogP contribution in [0.15, 0.2) is 36.7 Å².